The van der Waals surface area contributed by atoms with Crippen molar-refractivity contribution in [3.8, 4) is 0 Å². The number of nitrogens with one attached hydrogen (secondary N) is 1. The maximum Gasteiger partial charge on any atom is 0.0492 e. The van der Waals surface area contributed by atoms with Crippen molar-refractivity contribution in [2.45, 2.75) is 44.1 Å². The van der Waals surface area contributed by atoms with Crippen LogP contribution < -0.4 is 5.32 Å². The molecule has 0 bridgehead atoms. The number of aryl methyl sites for hydroxylation is 1. The quantitative estimate of drug-likeness (QED) is 0.897. The Kier molecular flexibility index (Phi) is 3.89. The summed E-state index contributed by atoms with van der Waals surface area (Å²) in [6.07, 6.45) is 10.0. The minimum atomic E-state index is 0.453. The van der Waals surface area contributed by atoms with E-state index < -0.39 is 0 Å². The van der Waals surface area contributed by atoms with Crippen LogP contribution >= 0.6 is 0 Å². The maximum absolute atomic E-state index is 4.27. The monoisotopic (exact) mass is 262 g/mol. The second-order valence-electron chi connectivity index (χ2n) is 6.14. The molecule has 1 saturated heterocycles. The molecule has 1 aliphatic heterocycles. The molecule has 0 radical (unpaired) electrons. The molecule has 1 N–H and O–H groups in total. The summed E-state index contributed by atoms with van der Waals surface area (Å²) in [6.45, 7) is 4.73. The number of hydrogen-bond acceptors (Lipinski definition) is 3. The van der Waals surface area contributed by atoms with Crippen molar-refractivity contribution in [2.75, 3.05) is 26.2 Å². The van der Waals surface area contributed by atoms with Crippen molar-refractivity contribution in [1.29, 1.82) is 0 Å². The zero-order valence-electron chi connectivity index (χ0n) is 12.1. The molecule has 0 atom stereocenters. The lowest BCUT2D eigenvalue weighted by molar-refractivity contribution is 0.0283. The van der Waals surface area contributed by atoms with Gasteiger partial charge in [0.1, 0.15) is 0 Å². The van der Waals surface area contributed by atoms with E-state index in [2.05, 4.69) is 21.4 Å². The zero-order valence-corrected chi connectivity index (χ0v) is 12.1. The molecule has 4 nitrogen and oxygen atoms in total. The molecule has 2 fully saturated rings. The SMILES string of the molecule is Cn1nccc1CCN1CCNCC12CCCCC2. The first-order chi connectivity index (χ1) is 9.30. The molecule has 4 heteroatoms. The van der Waals surface area contributed by atoms with Gasteiger partial charge in [0.15, 0.2) is 0 Å². The van der Waals surface area contributed by atoms with Gasteiger partial charge in [0.25, 0.3) is 0 Å². The number of hydrogen-bond donors (Lipinski definition) is 1. The summed E-state index contributed by atoms with van der Waals surface area (Å²) in [5.74, 6) is 0. The highest BCUT2D eigenvalue weighted by Gasteiger charge is 2.39. The highest BCUT2D eigenvalue weighted by molar-refractivity contribution is 5.03. The summed E-state index contributed by atoms with van der Waals surface area (Å²) in [7, 11) is 2.05. The van der Waals surface area contributed by atoms with Crippen molar-refractivity contribution in [1.82, 2.24) is 20.0 Å². The number of piperazine rings is 1. The standard InChI is InChI=1S/C15H26N4/c1-18-14(5-9-17-18)6-11-19-12-10-16-13-15(19)7-3-2-4-8-15/h5,9,16H,2-4,6-8,10-13H2,1H3. The van der Waals surface area contributed by atoms with Gasteiger partial charge in [0.2, 0.25) is 0 Å². The van der Waals surface area contributed by atoms with Gasteiger partial charge in [0.05, 0.1) is 0 Å². The van der Waals surface area contributed by atoms with E-state index >= 15 is 0 Å². The van der Waals surface area contributed by atoms with Crippen molar-refractivity contribution in [2.24, 2.45) is 7.05 Å². The highest BCUT2D eigenvalue weighted by Crippen LogP contribution is 2.34. The molecule has 2 heterocycles. The predicted octanol–water partition coefficient (Wildman–Crippen LogP) is 1.57. The third-order valence-corrected chi connectivity index (χ3v) is 5.03. The van der Waals surface area contributed by atoms with Gasteiger partial charge in [0, 0.05) is 57.1 Å². The fourth-order valence-electron chi connectivity index (χ4n) is 3.83. The summed E-state index contributed by atoms with van der Waals surface area (Å²) < 4.78 is 2.01. The summed E-state index contributed by atoms with van der Waals surface area (Å²) in [6, 6.07) is 2.15. The van der Waals surface area contributed by atoms with Crippen LogP contribution in [0.5, 0.6) is 0 Å². The van der Waals surface area contributed by atoms with Gasteiger partial charge in [-0.1, -0.05) is 19.3 Å². The van der Waals surface area contributed by atoms with Crippen molar-refractivity contribution in [3.63, 3.8) is 0 Å². The number of aromatic nitrogens is 2. The smallest absolute Gasteiger partial charge is 0.0492 e. The van der Waals surface area contributed by atoms with Crippen LogP contribution in [0.15, 0.2) is 12.3 Å². The van der Waals surface area contributed by atoms with E-state index in [9.17, 15) is 0 Å². The molecular weight excluding hydrogens is 236 g/mol. The first-order valence-electron chi connectivity index (χ1n) is 7.73. The van der Waals surface area contributed by atoms with Gasteiger partial charge in [-0.3, -0.25) is 9.58 Å². The summed E-state index contributed by atoms with van der Waals surface area (Å²) in [5.41, 5.74) is 1.80. The normalized spacial score (nSPS) is 23.8. The van der Waals surface area contributed by atoms with Gasteiger partial charge in [-0.15, -0.1) is 0 Å². The van der Waals surface area contributed by atoms with Crippen LogP contribution in [0.4, 0.5) is 0 Å². The van der Waals surface area contributed by atoms with Crippen LogP contribution in [0.1, 0.15) is 37.8 Å². The van der Waals surface area contributed by atoms with E-state index in [0.29, 0.717) is 5.54 Å². The molecule has 3 rings (SSSR count). The molecular formula is C15H26N4. The Morgan fingerprint density at radius 1 is 1.32 bits per heavy atom. The molecule has 0 unspecified atom stereocenters. The minimum absolute atomic E-state index is 0.453. The lowest BCUT2D eigenvalue weighted by atomic mass is 9.79. The zero-order chi connectivity index (χ0) is 13.1. The lowest BCUT2D eigenvalue weighted by Gasteiger charge is -2.50. The summed E-state index contributed by atoms with van der Waals surface area (Å²) in [5, 5.41) is 7.89. The van der Waals surface area contributed by atoms with Crippen LogP contribution in [0.3, 0.4) is 0 Å². The lowest BCUT2D eigenvalue weighted by Crippen LogP contribution is -2.62. The maximum atomic E-state index is 4.27. The summed E-state index contributed by atoms with van der Waals surface area (Å²) >= 11 is 0. The molecule has 1 aliphatic carbocycles. The fraction of sp³-hybridized carbons (Fsp3) is 0.800. The molecule has 0 aromatic carbocycles. The van der Waals surface area contributed by atoms with Gasteiger partial charge >= 0.3 is 0 Å². The molecule has 1 aromatic heterocycles. The average Bonchev–Trinajstić information content (AvgIpc) is 2.84. The van der Waals surface area contributed by atoms with Gasteiger partial charge in [-0.25, -0.2) is 0 Å². The minimum Gasteiger partial charge on any atom is -0.314 e. The molecule has 2 aliphatic rings. The highest BCUT2D eigenvalue weighted by atomic mass is 15.3. The van der Waals surface area contributed by atoms with Gasteiger partial charge in [-0.05, 0) is 18.9 Å². The first kappa shape index (κ1) is 13.1. The van der Waals surface area contributed by atoms with Crippen molar-refractivity contribution < 1.29 is 0 Å². The van der Waals surface area contributed by atoms with Crippen molar-refractivity contribution in [3.05, 3.63) is 18.0 Å². The van der Waals surface area contributed by atoms with Crippen LogP contribution in [-0.2, 0) is 13.5 Å². The third kappa shape index (κ3) is 2.70. The van der Waals surface area contributed by atoms with Crippen LogP contribution in [0.25, 0.3) is 0 Å². The molecule has 106 valence electrons. The van der Waals surface area contributed by atoms with E-state index in [1.54, 1.807) is 0 Å². The molecule has 19 heavy (non-hydrogen) atoms. The Balaban J connectivity index is 1.65. The van der Waals surface area contributed by atoms with Crippen LogP contribution in [0.2, 0.25) is 0 Å². The van der Waals surface area contributed by atoms with Crippen molar-refractivity contribution >= 4 is 0 Å². The topological polar surface area (TPSA) is 33.1 Å². The fourth-order valence-corrected chi connectivity index (χ4v) is 3.83. The summed E-state index contributed by atoms with van der Waals surface area (Å²) in [4.78, 5) is 2.76. The molecule has 1 aromatic rings. The molecule has 1 saturated carbocycles. The van der Waals surface area contributed by atoms with E-state index in [0.717, 1.165) is 13.0 Å². The predicted molar refractivity (Wildman–Crippen MR) is 77.2 cm³/mol. The Morgan fingerprint density at radius 3 is 2.89 bits per heavy atom. The number of nitrogens with zero attached hydrogens (tertiary/aromatic N) is 3. The Morgan fingerprint density at radius 2 is 2.16 bits per heavy atom. The largest absolute Gasteiger partial charge is 0.314 e. The first-order valence-corrected chi connectivity index (χ1v) is 7.73. The molecule has 1 spiro atoms. The second kappa shape index (κ2) is 5.63. The number of rotatable bonds is 3. The van der Waals surface area contributed by atoms with E-state index in [1.165, 1.54) is 57.4 Å². The third-order valence-electron chi connectivity index (χ3n) is 5.03. The van der Waals surface area contributed by atoms with Crippen LogP contribution in [0, 0.1) is 0 Å². The van der Waals surface area contributed by atoms with Crippen LogP contribution in [-0.4, -0.2) is 46.4 Å². The Hall–Kier alpha value is -0.870. The van der Waals surface area contributed by atoms with E-state index in [4.69, 9.17) is 0 Å². The van der Waals surface area contributed by atoms with Gasteiger partial charge in [-0.2, -0.15) is 5.10 Å². The average molecular weight is 262 g/mol. The Labute approximate surface area is 116 Å². The van der Waals surface area contributed by atoms with E-state index in [-0.39, 0.29) is 0 Å². The van der Waals surface area contributed by atoms with E-state index in [1.807, 2.05) is 17.9 Å². The second-order valence-corrected chi connectivity index (χ2v) is 6.14. The van der Waals surface area contributed by atoms with Gasteiger partial charge < -0.3 is 5.32 Å². The molecule has 0 amide bonds. The Bertz CT molecular complexity index is 398.